The molecule has 2 rings (SSSR count). The van der Waals surface area contributed by atoms with Crippen LogP contribution < -0.4 is 4.74 Å². The molecule has 0 atom stereocenters. The predicted molar refractivity (Wildman–Crippen MR) is 62.0 cm³/mol. The van der Waals surface area contributed by atoms with Crippen molar-refractivity contribution in [3.63, 3.8) is 0 Å². The number of thiol groups is 1. The molecule has 0 radical (unpaired) electrons. The average Bonchev–Trinajstić information content (AvgIpc) is 2.20. The molecule has 0 aliphatic heterocycles. The van der Waals surface area contributed by atoms with Crippen LogP contribution in [0.4, 0.5) is 8.78 Å². The lowest BCUT2D eigenvalue weighted by Gasteiger charge is -2.40. The van der Waals surface area contributed by atoms with Crippen LogP contribution >= 0.6 is 12.6 Å². The molecule has 4 heteroatoms. The molecule has 1 aromatic carbocycles. The van der Waals surface area contributed by atoms with Crippen molar-refractivity contribution < 1.29 is 13.5 Å². The summed E-state index contributed by atoms with van der Waals surface area (Å²) in [6, 6.07) is 3.73. The number of ether oxygens (including phenoxy) is 1. The molecule has 1 aromatic rings. The Hall–Kier alpha value is -0.770. The fraction of sp³-hybridized carbons (Fsp3) is 0.500. The highest BCUT2D eigenvalue weighted by Gasteiger charge is 2.36. The molecular weight excluding hydrogens is 230 g/mol. The van der Waals surface area contributed by atoms with Gasteiger partial charge in [-0.2, -0.15) is 12.6 Å². The number of rotatable bonds is 4. The minimum absolute atomic E-state index is 0.0117. The summed E-state index contributed by atoms with van der Waals surface area (Å²) in [6.07, 6.45) is 3.18. The van der Waals surface area contributed by atoms with Gasteiger partial charge < -0.3 is 4.74 Å². The summed E-state index contributed by atoms with van der Waals surface area (Å²) in [4.78, 5) is 0. The zero-order valence-corrected chi connectivity index (χ0v) is 9.77. The van der Waals surface area contributed by atoms with Crippen molar-refractivity contribution in [3.8, 4) is 5.75 Å². The summed E-state index contributed by atoms with van der Waals surface area (Å²) in [5, 5.41) is 0. The minimum Gasteiger partial charge on any atom is -0.487 e. The maximum atomic E-state index is 13.3. The summed E-state index contributed by atoms with van der Waals surface area (Å²) in [5.41, 5.74) is 0.0117. The van der Waals surface area contributed by atoms with Crippen molar-refractivity contribution in [1.82, 2.24) is 0 Å². The Kier molecular flexibility index (Phi) is 3.38. The maximum absolute atomic E-state index is 13.3. The lowest BCUT2D eigenvalue weighted by molar-refractivity contribution is 0.0779. The quantitative estimate of drug-likeness (QED) is 0.798. The molecular formula is C12H14F2OS. The van der Waals surface area contributed by atoms with Crippen molar-refractivity contribution in [2.24, 2.45) is 5.41 Å². The molecule has 0 bridgehead atoms. The van der Waals surface area contributed by atoms with Crippen LogP contribution in [-0.4, -0.2) is 12.4 Å². The molecule has 1 fully saturated rings. The van der Waals surface area contributed by atoms with Crippen LogP contribution in [-0.2, 0) is 0 Å². The first-order chi connectivity index (χ1) is 7.67. The molecule has 0 amide bonds. The van der Waals surface area contributed by atoms with E-state index in [-0.39, 0.29) is 11.2 Å². The Bertz CT molecular complexity index is 352. The smallest absolute Gasteiger partial charge is 0.190 e. The lowest BCUT2D eigenvalue weighted by Crippen LogP contribution is -2.37. The van der Waals surface area contributed by atoms with Crippen LogP contribution in [0.2, 0.25) is 0 Å². The molecule has 1 aliphatic carbocycles. The van der Waals surface area contributed by atoms with E-state index >= 15 is 0 Å². The molecule has 0 unspecified atom stereocenters. The number of para-hydroxylation sites is 1. The van der Waals surface area contributed by atoms with Gasteiger partial charge in [0.25, 0.3) is 0 Å². The SMILES string of the molecule is Fc1cccc(F)c1OCC1(CS)CCC1. The average molecular weight is 244 g/mol. The highest BCUT2D eigenvalue weighted by atomic mass is 32.1. The Morgan fingerprint density at radius 1 is 1.25 bits per heavy atom. The molecule has 1 saturated carbocycles. The summed E-state index contributed by atoms with van der Waals surface area (Å²) in [7, 11) is 0. The second-order valence-electron chi connectivity index (χ2n) is 4.35. The van der Waals surface area contributed by atoms with Gasteiger partial charge in [0.1, 0.15) is 0 Å². The van der Waals surface area contributed by atoms with Crippen LogP contribution in [0, 0.1) is 17.0 Å². The minimum atomic E-state index is -0.645. The fourth-order valence-electron chi connectivity index (χ4n) is 1.87. The zero-order valence-electron chi connectivity index (χ0n) is 8.88. The third-order valence-electron chi connectivity index (χ3n) is 3.19. The largest absolute Gasteiger partial charge is 0.487 e. The summed E-state index contributed by atoms with van der Waals surface area (Å²) >= 11 is 4.26. The van der Waals surface area contributed by atoms with Crippen LogP contribution in [0.3, 0.4) is 0 Å². The van der Waals surface area contributed by atoms with Gasteiger partial charge in [-0.15, -0.1) is 0 Å². The second-order valence-corrected chi connectivity index (χ2v) is 4.67. The standard InChI is InChI=1S/C12H14F2OS/c13-9-3-1-4-10(14)11(9)15-7-12(8-16)5-2-6-12/h1,3-4,16H,2,5-8H2. The molecule has 1 aliphatic rings. The van der Waals surface area contributed by atoms with Gasteiger partial charge >= 0.3 is 0 Å². The topological polar surface area (TPSA) is 9.23 Å². The summed E-state index contributed by atoms with van der Waals surface area (Å²) < 4.78 is 31.8. The second kappa shape index (κ2) is 4.62. The Morgan fingerprint density at radius 2 is 1.88 bits per heavy atom. The number of hydrogen-bond donors (Lipinski definition) is 1. The molecule has 0 heterocycles. The van der Waals surface area contributed by atoms with Gasteiger partial charge in [-0.25, -0.2) is 8.78 Å². The van der Waals surface area contributed by atoms with Gasteiger partial charge in [-0.3, -0.25) is 0 Å². The first-order valence-corrected chi connectivity index (χ1v) is 5.98. The Balaban J connectivity index is 2.04. The number of hydrogen-bond acceptors (Lipinski definition) is 2. The van der Waals surface area contributed by atoms with Gasteiger partial charge in [0, 0.05) is 5.41 Å². The van der Waals surface area contributed by atoms with Crippen molar-refractivity contribution >= 4 is 12.6 Å². The third kappa shape index (κ3) is 2.17. The van der Waals surface area contributed by atoms with E-state index < -0.39 is 11.6 Å². The van der Waals surface area contributed by atoms with E-state index in [0.717, 1.165) is 19.3 Å². The van der Waals surface area contributed by atoms with Crippen LogP contribution in [0.1, 0.15) is 19.3 Å². The van der Waals surface area contributed by atoms with Crippen LogP contribution in [0.15, 0.2) is 18.2 Å². The summed E-state index contributed by atoms with van der Waals surface area (Å²) in [5.74, 6) is -0.860. The normalized spacial score (nSPS) is 17.9. The van der Waals surface area contributed by atoms with Gasteiger partial charge in [0.05, 0.1) is 6.61 Å². The lowest BCUT2D eigenvalue weighted by atomic mass is 9.71. The molecule has 0 aromatic heterocycles. The fourth-order valence-corrected chi connectivity index (χ4v) is 2.28. The van der Waals surface area contributed by atoms with Gasteiger partial charge in [0.15, 0.2) is 17.4 Å². The van der Waals surface area contributed by atoms with Crippen LogP contribution in [0.25, 0.3) is 0 Å². The number of benzene rings is 1. The van der Waals surface area contributed by atoms with Crippen molar-refractivity contribution in [1.29, 1.82) is 0 Å². The maximum Gasteiger partial charge on any atom is 0.190 e. The highest BCUT2D eigenvalue weighted by Crippen LogP contribution is 2.42. The van der Waals surface area contributed by atoms with Gasteiger partial charge in [0.2, 0.25) is 0 Å². The van der Waals surface area contributed by atoms with E-state index in [0.29, 0.717) is 12.4 Å². The highest BCUT2D eigenvalue weighted by molar-refractivity contribution is 7.80. The first kappa shape index (κ1) is 11.7. The molecule has 1 nitrogen and oxygen atoms in total. The van der Waals surface area contributed by atoms with Crippen molar-refractivity contribution in [3.05, 3.63) is 29.8 Å². The predicted octanol–water partition coefficient (Wildman–Crippen LogP) is 3.44. The molecule has 0 saturated heterocycles. The Labute approximate surface area is 99.2 Å². The van der Waals surface area contributed by atoms with E-state index in [9.17, 15) is 8.78 Å². The van der Waals surface area contributed by atoms with E-state index in [4.69, 9.17) is 4.74 Å². The van der Waals surface area contributed by atoms with Crippen molar-refractivity contribution in [2.75, 3.05) is 12.4 Å². The molecule has 16 heavy (non-hydrogen) atoms. The monoisotopic (exact) mass is 244 g/mol. The molecule has 0 spiro atoms. The van der Waals surface area contributed by atoms with E-state index in [2.05, 4.69) is 12.6 Å². The van der Waals surface area contributed by atoms with E-state index in [1.54, 1.807) is 0 Å². The zero-order chi connectivity index (χ0) is 11.6. The van der Waals surface area contributed by atoms with Crippen molar-refractivity contribution in [2.45, 2.75) is 19.3 Å². The third-order valence-corrected chi connectivity index (χ3v) is 3.86. The first-order valence-electron chi connectivity index (χ1n) is 5.35. The Morgan fingerprint density at radius 3 is 2.31 bits per heavy atom. The van der Waals surface area contributed by atoms with E-state index in [1.807, 2.05) is 0 Å². The van der Waals surface area contributed by atoms with Gasteiger partial charge in [-0.1, -0.05) is 12.5 Å². The van der Waals surface area contributed by atoms with Gasteiger partial charge in [-0.05, 0) is 30.7 Å². The van der Waals surface area contributed by atoms with E-state index in [1.165, 1.54) is 18.2 Å². The number of halogens is 2. The molecule has 88 valence electrons. The summed E-state index contributed by atoms with van der Waals surface area (Å²) in [6.45, 7) is 0.342. The van der Waals surface area contributed by atoms with Crippen LogP contribution in [0.5, 0.6) is 5.75 Å². The molecule has 0 N–H and O–H groups in total.